The first-order chi connectivity index (χ1) is 19.1. The topological polar surface area (TPSA) is 135 Å². The number of nitrogens with two attached hydrogens (primary N) is 1. The van der Waals surface area contributed by atoms with Gasteiger partial charge in [-0.05, 0) is 86.5 Å². The van der Waals surface area contributed by atoms with Crippen LogP contribution in [0.2, 0.25) is 0 Å². The Bertz CT molecular complexity index is 1100. The van der Waals surface area contributed by atoms with Crippen molar-refractivity contribution in [3.05, 3.63) is 23.5 Å². The van der Waals surface area contributed by atoms with E-state index in [0.29, 0.717) is 32.2 Å². The Morgan fingerprint density at radius 1 is 1.10 bits per heavy atom. The molecular weight excluding hydrogens is 515 g/mol. The van der Waals surface area contributed by atoms with Crippen molar-refractivity contribution in [2.75, 3.05) is 13.7 Å². The molecule has 0 spiro atoms. The van der Waals surface area contributed by atoms with Crippen molar-refractivity contribution in [3.63, 3.8) is 0 Å². The molecule has 0 aromatic heterocycles. The van der Waals surface area contributed by atoms with Gasteiger partial charge in [0.15, 0.2) is 11.6 Å². The van der Waals surface area contributed by atoms with Crippen LogP contribution in [-0.2, 0) is 4.79 Å². The zero-order valence-electron chi connectivity index (χ0n) is 23.9. The standard InChI is InChI=1S/C30H45FN4O5/c1-29(9-4-10-29)16-33-27(37)24-17-5-6-18(13-17)25(24)34-26(36)20-14-23(21(31)15-22(20)39-3)40-19-7-11-30(2,12-8-19)28(32)35-38/h14-15,17-19,24-25,28,35,38H,4-13,16,32H2,1-3H3,(H,33,37)(H,34,36)/t17-,18+,19-,24+,25-,28?,30+/m1/s1. The lowest BCUT2D eigenvalue weighted by Gasteiger charge is -2.40. The molecule has 40 heavy (non-hydrogen) atoms. The van der Waals surface area contributed by atoms with Crippen molar-refractivity contribution in [1.82, 2.24) is 16.1 Å². The molecule has 0 heterocycles. The van der Waals surface area contributed by atoms with Crippen molar-refractivity contribution in [2.24, 2.45) is 34.3 Å². The number of benzene rings is 1. The summed E-state index contributed by atoms with van der Waals surface area (Å²) in [5.74, 6) is -0.574. The molecule has 2 bridgehead atoms. The summed E-state index contributed by atoms with van der Waals surface area (Å²) >= 11 is 0. The van der Waals surface area contributed by atoms with Gasteiger partial charge < -0.3 is 31.0 Å². The van der Waals surface area contributed by atoms with Gasteiger partial charge in [-0.3, -0.25) is 9.59 Å². The lowest BCUT2D eigenvalue weighted by molar-refractivity contribution is -0.128. The van der Waals surface area contributed by atoms with Gasteiger partial charge >= 0.3 is 0 Å². The molecule has 0 aliphatic heterocycles. The predicted octanol–water partition coefficient (Wildman–Crippen LogP) is 3.88. The SMILES string of the molecule is COc1cc(F)c(O[C@H]2CC[C@@](C)(C(N)NO)CC2)cc1C(=O)N[C@@H]1[C@H]2CC[C@H](C2)[C@@H]1C(=O)NCC1(C)CCC1. The maximum atomic E-state index is 15.0. The summed E-state index contributed by atoms with van der Waals surface area (Å²) in [6, 6.07) is 2.34. The average molecular weight is 561 g/mol. The molecule has 1 aromatic carbocycles. The Morgan fingerprint density at radius 3 is 2.42 bits per heavy atom. The molecule has 0 saturated heterocycles. The number of carbonyl (C=O) groups excluding carboxylic acids is 2. The van der Waals surface area contributed by atoms with Gasteiger partial charge in [-0.1, -0.05) is 20.3 Å². The Hall–Kier alpha value is -2.43. The summed E-state index contributed by atoms with van der Waals surface area (Å²) < 4.78 is 26.4. The number of ether oxygens (including phenoxy) is 2. The van der Waals surface area contributed by atoms with Crippen LogP contribution in [0, 0.1) is 34.4 Å². The highest BCUT2D eigenvalue weighted by Crippen LogP contribution is 2.49. The van der Waals surface area contributed by atoms with Crippen molar-refractivity contribution in [3.8, 4) is 11.5 Å². The Kier molecular flexibility index (Phi) is 8.32. The highest BCUT2D eigenvalue weighted by Gasteiger charge is 2.51. The number of carbonyl (C=O) groups is 2. The van der Waals surface area contributed by atoms with E-state index in [4.69, 9.17) is 15.2 Å². The monoisotopic (exact) mass is 560 g/mol. The molecule has 1 unspecified atom stereocenters. The third kappa shape index (κ3) is 5.67. The molecule has 4 aliphatic carbocycles. The molecule has 10 heteroatoms. The first-order valence-electron chi connectivity index (χ1n) is 14.8. The number of nitrogens with one attached hydrogen (secondary N) is 3. The molecule has 5 rings (SSSR count). The van der Waals surface area contributed by atoms with Crippen LogP contribution >= 0.6 is 0 Å². The summed E-state index contributed by atoms with van der Waals surface area (Å²) in [5.41, 5.74) is 8.23. The van der Waals surface area contributed by atoms with Crippen LogP contribution < -0.4 is 31.3 Å². The van der Waals surface area contributed by atoms with Crippen molar-refractivity contribution >= 4 is 11.8 Å². The predicted molar refractivity (Wildman–Crippen MR) is 147 cm³/mol. The molecule has 4 aliphatic rings. The van der Waals surface area contributed by atoms with E-state index in [1.807, 2.05) is 6.92 Å². The number of hydrogen-bond donors (Lipinski definition) is 5. The summed E-state index contributed by atoms with van der Waals surface area (Å²) in [4.78, 5) is 26.9. The number of hydroxylamine groups is 1. The maximum absolute atomic E-state index is 15.0. The molecule has 4 saturated carbocycles. The number of amides is 2. The van der Waals surface area contributed by atoms with E-state index >= 15 is 4.39 Å². The first kappa shape index (κ1) is 29.1. The van der Waals surface area contributed by atoms with Gasteiger partial charge in [0.05, 0.1) is 30.9 Å². The van der Waals surface area contributed by atoms with Gasteiger partial charge in [0.2, 0.25) is 5.91 Å². The molecule has 5 atom stereocenters. The number of halogens is 1. The largest absolute Gasteiger partial charge is 0.496 e. The van der Waals surface area contributed by atoms with Crippen molar-refractivity contribution in [2.45, 2.75) is 96.4 Å². The van der Waals surface area contributed by atoms with E-state index in [2.05, 4.69) is 23.0 Å². The van der Waals surface area contributed by atoms with Crippen LogP contribution in [0.15, 0.2) is 12.1 Å². The van der Waals surface area contributed by atoms with Gasteiger partial charge in [0.25, 0.3) is 5.91 Å². The Labute approximate surface area is 236 Å². The molecule has 6 N–H and O–H groups in total. The molecule has 2 amide bonds. The highest BCUT2D eigenvalue weighted by atomic mass is 19.1. The second-order valence-electron chi connectivity index (χ2n) is 13.3. The van der Waals surface area contributed by atoms with Crippen LogP contribution in [0.3, 0.4) is 0 Å². The highest BCUT2D eigenvalue weighted by molar-refractivity contribution is 5.98. The molecule has 4 fully saturated rings. The first-order valence-corrected chi connectivity index (χ1v) is 14.8. The number of rotatable bonds is 10. The van der Waals surface area contributed by atoms with Gasteiger partial charge in [0.1, 0.15) is 5.75 Å². The average Bonchev–Trinajstić information content (AvgIpc) is 3.54. The van der Waals surface area contributed by atoms with E-state index in [9.17, 15) is 14.8 Å². The normalized spacial score (nSPS) is 33.1. The summed E-state index contributed by atoms with van der Waals surface area (Å²) in [7, 11) is 1.40. The summed E-state index contributed by atoms with van der Waals surface area (Å²) in [5, 5.41) is 15.6. The van der Waals surface area contributed by atoms with Crippen molar-refractivity contribution in [1.29, 1.82) is 0 Å². The zero-order chi connectivity index (χ0) is 28.7. The molecular formula is C30H45FN4O5. The van der Waals surface area contributed by atoms with Gasteiger partial charge in [-0.2, -0.15) is 5.48 Å². The fraction of sp³-hybridized carbons (Fsp3) is 0.733. The van der Waals surface area contributed by atoms with Gasteiger partial charge in [-0.15, -0.1) is 0 Å². The second kappa shape index (κ2) is 11.4. The lowest BCUT2D eigenvalue weighted by atomic mass is 9.70. The van der Waals surface area contributed by atoms with E-state index < -0.39 is 12.0 Å². The smallest absolute Gasteiger partial charge is 0.255 e. The lowest BCUT2D eigenvalue weighted by Crippen LogP contribution is -2.51. The summed E-state index contributed by atoms with van der Waals surface area (Å²) in [6.07, 6.45) is 8.28. The Balaban J connectivity index is 1.27. The Morgan fingerprint density at radius 2 is 1.80 bits per heavy atom. The second-order valence-corrected chi connectivity index (χ2v) is 13.3. The molecule has 0 radical (unpaired) electrons. The van der Waals surface area contributed by atoms with Crippen LogP contribution in [0.4, 0.5) is 4.39 Å². The third-order valence-corrected chi connectivity index (χ3v) is 10.5. The quantitative estimate of drug-likeness (QED) is 0.217. The summed E-state index contributed by atoms with van der Waals surface area (Å²) in [6.45, 7) is 4.89. The van der Waals surface area contributed by atoms with E-state index in [1.54, 1.807) is 0 Å². The zero-order valence-corrected chi connectivity index (χ0v) is 23.9. The maximum Gasteiger partial charge on any atom is 0.255 e. The van der Waals surface area contributed by atoms with Gasteiger partial charge in [0, 0.05) is 18.7 Å². The van der Waals surface area contributed by atoms with E-state index in [1.165, 1.54) is 25.7 Å². The molecule has 9 nitrogen and oxygen atoms in total. The fourth-order valence-electron chi connectivity index (χ4n) is 7.47. The van der Waals surface area contributed by atoms with Crippen LogP contribution in [-0.4, -0.2) is 49.0 Å². The molecule has 1 aromatic rings. The van der Waals surface area contributed by atoms with E-state index in [-0.39, 0.29) is 69.6 Å². The fourth-order valence-corrected chi connectivity index (χ4v) is 7.47. The minimum Gasteiger partial charge on any atom is -0.496 e. The minimum atomic E-state index is -0.600. The van der Waals surface area contributed by atoms with Crippen LogP contribution in [0.1, 0.15) is 88.4 Å². The van der Waals surface area contributed by atoms with E-state index in [0.717, 1.165) is 32.1 Å². The van der Waals surface area contributed by atoms with Crippen molar-refractivity contribution < 1.29 is 28.7 Å². The van der Waals surface area contributed by atoms with Crippen LogP contribution in [0.25, 0.3) is 0 Å². The molecule has 222 valence electrons. The number of fused-ring (bicyclic) bond motifs is 2. The number of hydrogen-bond acceptors (Lipinski definition) is 7. The third-order valence-electron chi connectivity index (χ3n) is 10.5. The minimum absolute atomic E-state index is 0.000104. The van der Waals surface area contributed by atoms with Crippen LogP contribution in [0.5, 0.6) is 11.5 Å². The van der Waals surface area contributed by atoms with Gasteiger partial charge in [-0.25, -0.2) is 4.39 Å². The number of methoxy groups -OCH3 is 1.